The number of carboxylic acids is 2. The summed E-state index contributed by atoms with van der Waals surface area (Å²) >= 11 is 0. The van der Waals surface area contributed by atoms with Crippen LogP contribution in [0.2, 0.25) is 5.82 Å². The molecule has 2 heterocycles. The maximum Gasteiger partial charge on any atom is 0.434 e. The van der Waals surface area contributed by atoms with E-state index in [1.807, 2.05) is 0 Å². The van der Waals surface area contributed by atoms with Crippen LogP contribution < -0.4 is 25.3 Å². The first-order chi connectivity index (χ1) is 13.0. The molecule has 0 spiro atoms. The summed E-state index contributed by atoms with van der Waals surface area (Å²) in [7, 11) is 0. The van der Waals surface area contributed by atoms with Crippen molar-refractivity contribution in [1.29, 1.82) is 0 Å². The molecular formula is C17H20BN2O8-3. The van der Waals surface area contributed by atoms with Gasteiger partial charge in [0.1, 0.15) is 11.9 Å². The average molecular weight is 391 g/mol. The predicted octanol–water partition coefficient (Wildman–Crippen LogP) is -3.25. The molecule has 1 aromatic carbocycles. The number of nitrogens with two attached hydrogens (primary N) is 1. The summed E-state index contributed by atoms with van der Waals surface area (Å²) in [6.45, 7) is -1.00. The number of aromatic carboxylic acids is 1. The molecule has 3 aliphatic rings. The molecule has 0 bridgehead atoms. The Morgan fingerprint density at radius 1 is 1.39 bits per heavy atom. The topological polar surface area (TPSA) is 168 Å². The van der Waals surface area contributed by atoms with E-state index in [2.05, 4.69) is 0 Å². The van der Waals surface area contributed by atoms with Gasteiger partial charge in [-0.2, -0.15) is 0 Å². The molecule has 2 aliphatic heterocycles. The normalized spacial score (nSPS) is 27.4. The van der Waals surface area contributed by atoms with E-state index in [1.165, 1.54) is 13.0 Å². The van der Waals surface area contributed by atoms with Gasteiger partial charge in [-0.1, -0.05) is 18.3 Å². The molecule has 0 unspecified atom stereocenters. The fourth-order valence-electron chi connectivity index (χ4n) is 4.04. The summed E-state index contributed by atoms with van der Waals surface area (Å²) in [6, 6.07) is 3.17. The van der Waals surface area contributed by atoms with Crippen LogP contribution in [0.15, 0.2) is 12.1 Å². The third-order valence-electron chi connectivity index (χ3n) is 5.68. The standard InChI is InChI=1S/C17H22BN2O8/c1-17(19,16(23)24)7-20-5-8(6-20)27-12-3-2-9-10-4-11(10)18(25,26)28-14(9)13(12)15(21)22/h2-3,8,10-11,25-26H,4-7,19H2,1H3,(H,21,22)(H,23,24)/q-1/p-2/t10-,11-,17-/m1/s1. The molecule has 3 atom stereocenters. The third-order valence-corrected chi connectivity index (χ3v) is 5.68. The first kappa shape index (κ1) is 19.0. The van der Waals surface area contributed by atoms with Crippen LogP contribution in [0.5, 0.6) is 11.5 Å². The Balaban J connectivity index is 1.50. The molecule has 11 heteroatoms. The number of carbonyl (C=O) groups is 2. The number of hydrogen-bond acceptors (Lipinski definition) is 10. The molecule has 1 aromatic rings. The molecule has 10 nitrogen and oxygen atoms in total. The Morgan fingerprint density at radius 3 is 2.68 bits per heavy atom. The fourth-order valence-corrected chi connectivity index (χ4v) is 4.04. The van der Waals surface area contributed by atoms with Gasteiger partial charge in [0.15, 0.2) is 0 Å². The first-order valence-corrected chi connectivity index (χ1v) is 9.05. The predicted molar refractivity (Wildman–Crippen MR) is 91.2 cm³/mol. The summed E-state index contributed by atoms with van der Waals surface area (Å²) in [6.07, 6.45) is 0.130. The number of hydrogen-bond donors (Lipinski definition) is 3. The molecule has 2 fully saturated rings. The van der Waals surface area contributed by atoms with E-state index < -0.39 is 30.0 Å². The van der Waals surface area contributed by atoms with Gasteiger partial charge < -0.3 is 45.0 Å². The minimum atomic E-state index is -3.13. The summed E-state index contributed by atoms with van der Waals surface area (Å²) in [5, 5.41) is 42.8. The largest absolute Gasteiger partial charge is 0.669 e. The van der Waals surface area contributed by atoms with E-state index in [0.29, 0.717) is 25.1 Å². The molecule has 0 aromatic heterocycles. The molecule has 0 amide bonds. The Hall–Kier alpha value is -2.34. The van der Waals surface area contributed by atoms with Crippen LogP contribution in [0.3, 0.4) is 0 Å². The van der Waals surface area contributed by atoms with Gasteiger partial charge in [0.2, 0.25) is 0 Å². The van der Waals surface area contributed by atoms with Gasteiger partial charge in [-0.3, -0.25) is 4.90 Å². The lowest BCUT2D eigenvalue weighted by molar-refractivity contribution is -0.313. The Kier molecular flexibility index (Phi) is 4.13. The van der Waals surface area contributed by atoms with Gasteiger partial charge in [-0.15, -0.1) is 0 Å². The van der Waals surface area contributed by atoms with Crippen molar-refractivity contribution >= 4 is 18.7 Å². The number of fused-ring (bicyclic) bond motifs is 3. The van der Waals surface area contributed by atoms with Crippen molar-refractivity contribution in [2.45, 2.75) is 36.7 Å². The smallest absolute Gasteiger partial charge is 0.434 e. The molecule has 0 radical (unpaired) electrons. The van der Waals surface area contributed by atoms with Crippen LogP contribution in [0.1, 0.15) is 35.2 Å². The second-order valence-corrected chi connectivity index (χ2v) is 8.17. The first-order valence-electron chi connectivity index (χ1n) is 9.05. The number of benzene rings is 1. The highest BCUT2D eigenvalue weighted by Gasteiger charge is 2.55. The summed E-state index contributed by atoms with van der Waals surface area (Å²) in [5.41, 5.74) is 4.40. The van der Waals surface area contributed by atoms with Gasteiger partial charge in [-0.05, 0) is 24.5 Å². The van der Waals surface area contributed by atoms with Crippen LogP contribution >= 0.6 is 0 Å². The zero-order valence-electron chi connectivity index (χ0n) is 15.2. The van der Waals surface area contributed by atoms with Gasteiger partial charge >= 0.3 is 6.75 Å². The molecular weight excluding hydrogens is 371 g/mol. The van der Waals surface area contributed by atoms with E-state index in [-0.39, 0.29) is 35.6 Å². The zero-order valence-corrected chi connectivity index (χ0v) is 15.2. The Morgan fingerprint density at radius 2 is 2.07 bits per heavy atom. The maximum absolute atomic E-state index is 11.7. The quantitative estimate of drug-likeness (QED) is 0.419. The average Bonchev–Trinajstić information content (AvgIpc) is 3.33. The van der Waals surface area contributed by atoms with Crippen molar-refractivity contribution in [2.75, 3.05) is 19.6 Å². The zero-order chi connectivity index (χ0) is 20.4. The molecule has 1 saturated heterocycles. The molecule has 152 valence electrons. The maximum atomic E-state index is 11.7. The SMILES string of the molecule is C[C@@](N)(CN1CC(Oc2ccc3c(c2C(=O)[O-])O[B-](O)(O)[C@@H]2C[C@H]32)C1)C(=O)[O-]. The van der Waals surface area contributed by atoms with E-state index >= 15 is 0 Å². The van der Waals surface area contributed by atoms with Gasteiger partial charge in [0, 0.05) is 19.6 Å². The van der Waals surface area contributed by atoms with Crippen LogP contribution in [0.25, 0.3) is 0 Å². The minimum absolute atomic E-state index is 0.00418. The number of likely N-dealkylation sites (tertiary alicyclic amines) is 1. The highest BCUT2D eigenvalue weighted by Crippen LogP contribution is 2.63. The number of carbonyl (C=O) groups excluding carboxylic acids is 2. The van der Waals surface area contributed by atoms with Crippen LogP contribution in [-0.4, -0.2) is 64.9 Å². The highest BCUT2D eigenvalue weighted by atomic mass is 16.6. The second kappa shape index (κ2) is 6.08. The molecule has 28 heavy (non-hydrogen) atoms. The van der Waals surface area contributed by atoms with Gasteiger partial charge in [-0.25, -0.2) is 0 Å². The number of nitrogens with zero attached hydrogens (tertiary/aromatic N) is 1. The third kappa shape index (κ3) is 3.10. The molecule has 1 aliphatic carbocycles. The lowest BCUT2D eigenvalue weighted by Gasteiger charge is -2.43. The van der Waals surface area contributed by atoms with Crippen molar-refractivity contribution in [2.24, 2.45) is 5.73 Å². The highest BCUT2D eigenvalue weighted by molar-refractivity contribution is 6.62. The Labute approximate surface area is 160 Å². The van der Waals surface area contributed by atoms with E-state index in [0.717, 1.165) is 0 Å². The van der Waals surface area contributed by atoms with Crippen molar-refractivity contribution < 1.29 is 39.2 Å². The second-order valence-electron chi connectivity index (χ2n) is 8.17. The molecule has 1 saturated carbocycles. The molecule has 4 N–H and O–H groups in total. The van der Waals surface area contributed by atoms with Gasteiger partial charge in [0.05, 0.1) is 28.8 Å². The lowest BCUT2D eigenvalue weighted by atomic mass is 9.68. The minimum Gasteiger partial charge on any atom is -0.669 e. The number of carboxylic acid groups (broad SMARTS) is 2. The van der Waals surface area contributed by atoms with Crippen molar-refractivity contribution in [3.8, 4) is 11.5 Å². The fraction of sp³-hybridized carbons (Fsp3) is 0.529. The summed E-state index contributed by atoms with van der Waals surface area (Å²) < 4.78 is 11.0. The monoisotopic (exact) mass is 391 g/mol. The van der Waals surface area contributed by atoms with Crippen LogP contribution in [0, 0.1) is 0 Å². The number of aliphatic carboxylic acids is 1. The Bertz CT molecular complexity index is 852. The van der Waals surface area contributed by atoms with Crippen LogP contribution in [-0.2, 0) is 4.79 Å². The van der Waals surface area contributed by atoms with Crippen molar-refractivity contribution in [1.82, 2.24) is 4.90 Å². The van der Waals surface area contributed by atoms with Crippen LogP contribution in [0.4, 0.5) is 0 Å². The number of rotatable bonds is 6. The van der Waals surface area contributed by atoms with Gasteiger partial charge in [0.25, 0.3) is 0 Å². The van der Waals surface area contributed by atoms with E-state index in [4.69, 9.17) is 15.1 Å². The van der Waals surface area contributed by atoms with Crippen molar-refractivity contribution in [3.63, 3.8) is 0 Å². The van der Waals surface area contributed by atoms with E-state index in [9.17, 15) is 29.9 Å². The van der Waals surface area contributed by atoms with Crippen molar-refractivity contribution in [3.05, 3.63) is 23.3 Å². The molecule has 4 rings (SSSR count). The summed E-state index contributed by atoms with van der Waals surface area (Å²) in [4.78, 5) is 24.4. The van der Waals surface area contributed by atoms with E-state index in [1.54, 1.807) is 11.0 Å². The lowest BCUT2D eigenvalue weighted by Crippen LogP contribution is -2.65. The number of ether oxygens (including phenoxy) is 1. The summed E-state index contributed by atoms with van der Waals surface area (Å²) in [5.74, 6) is -3.60.